The van der Waals surface area contributed by atoms with Gasteiger partial charge in [-0.05, 0) is 62.4 Å². The summed E-state index contributed by atoms with van der Waals surface area (Å²) >= 11 is 5.88. The first-order valence-electron chi connectivity index (χ1n) is 7.84. The van der Waals surface area contributed by atoms with E-state index in [1.807, 2.05) is 50.2 Å². The highest BCUT2D eigenvalue weighted by atomic mass is 35.5. The maximum Gasteiger partial charge on any atom is 0.249 e. The van der Waals surface area contributed by atoms with Gasteiger partial charge in [0.05, 0.1) is 12.3 Å². The van der Waals surface area contributed by atoms with E-state index in [1.165, 1.54) is 0 Å². The van der Waals surface area contributed by atoms with Gasteiger partial charge in [0.15, 0.2) is 5.82 Å². The Morgan fingerprint density at radius 1 is 0.920 bits per heavy atom. The van der Waals surface area contributed by atoms with Crippen molar-refractivity contribution in [2.45, 2.75) is 20.0 Å². The van der Waals surface area contributed by atoms with Gasteiger partial charge in [-0.1, -0.05) is 11.6 Å². The molecular weight excluding hydrogens is 338 g/mol. The molecule has 0 atom stereocenters. The minimum absolute atomic E-state index is 0.145. The van der Waals surface area contributed by atoms with Crippen LogP contribution in [0.25, 0.3) is 0 Å². The monoisotopic (exact) mass is 355 g/mol. The molecule has 2 N–H and O–H groups in total. The van der Waals surface area contributed by atoms with E-state index >= 15 is 0 Å². The molecule has 0 aliphatic rings. The summed E-state index contributed by atoms with van der Waals surface area (Å²) in [5.41, 5.74) is 1.72. The summed E-state index contributed by atoms with van der Waals surface area (Å²) in [5, 5.41) is 14.9. The summed E-state index contributed by atoms with van der Waals surface area (Å²) in [6, 6.07) is 14.9. The molecule has 1 aromatic heterocycles. The number of nitrogens with one attached hydrogen (secondary N) is 2. The molecule has 128 valence electrons. The van der Waals surface area contributed by atoms with E-state index in [4.69, 9.17) is 16.3 Å². The molecule has 3 rings (SSSR count). The van der Waals surface area contributed by atoms with Gasteiger partial charge in [-0.2, -0.15) is 10.1 Å². The van der Waals surface area contributed by atoms with Gasteiger partial charge in [-0.25, -0.2) is 0 Å². The van der Waals surface area contributed by atoms with E-state index in [2.05, 4.69) is 25.8 Å². The third-order valence-corrected chi connectivity index (χ3v) is 3.41. The molecule has 0 spiro atoms. The van der Waals surface area contributed by atoms with Crippen molar-refractivity contribution in [1.29, 1.82) is 0 Å². The van der Waals surface area contributed by atoms with E-state index in [1.54, 1.807) is 18.3 Å². The predicted octanol–water partition coefficient (Wildman–Crippen LogP) is 4.80. The summed E-state index contributed by atoms with van der Waals surface area (Å²) in [5.74, 6) is 1.81. The average molecular weight is 356 g/mol. The van der Waals surface area contributed by atoms with Crippen molar-refractivity contribution in [2.75, 3.05) is 10.6 Å². The lowest BCUT2D eigenvalue weighted by molar-refractivity contribution is 0.242. The van der Waals surface area contributed by atoms with Crippen LogP contribution in [0.3, 0.4) is 0 Å². The predicted molar refractivity (Wildman–Crippen MR) is 100 cm³/mol. The van der Waals surface area contributed by atoms with Crippen LogP contribution in [0.5, 0.6) is 5.75 Å². The Kier molecular flexibility index (Phi) is 5.30. The minimum Gasteiger partial charge on any atom is -0.491 e. The minimum atomic E-state index is 0.145. The van der Waals surface area contributed by atoms with Crippen LogP contribution in [0.15, 0.2) is 54.7 Å². The lowest BCUT2D eigenvalue weighted by atomic mass is 10.3. The number of hydrogen-bond donors (Lipinski definition) is 2. The molecule has 7 heteroatoms. The van der Waals surface area contributed by atoms with Crippen molar-refractivity contribution in [3.05, 3.63) is 59.8 Å². The maximum atomic E-state index is 5.88. The highest BCUT2D eigenvalue weighted by Gasteiger charge is 2.03. The van der Waals surface area contributed by atoms with Gasteiger partial charge >= 0.3 is 0 Å². The average Bonchev–Trinajstić information content (AvgIpc) is 2.59. The summed E-state index contributed by atoms with van der Waals surface area (Å²) < 4.78 is 5.63. The van der Waals surface area contributed by atoms with Crippen LogP contribution in [-0.2, 0) is 0 Å². The van der Waals surface area contributed by atoms with E-state index in [0.717, 1.165) is 17.1 Å². The summed E-state index contributed by atoms with van der Waals surface area (Å²) in [6.45, 7) is 3.99. The third-order valence-electron chi connectivity index (χ3n) is 3.16. The number of hydrogen-bond acceptors (Lipinski definition) is 6. The number of nitrogens with zero attached hydrogens (tertiary/aromatic N) is 3. The van der Waals surface area contributed by atoms with E-state index in [-0.39, 0.29) is 6.10 Å². The second-order valence-corrected chi connectivity index (χ2v) is 6.05. The Morgan fingerprint density at radius 3 is 2.24 bits per heavy atom. The van der Waals surface area contributed by atoms with Crippen LogP contribution in [0.4, 0.5) is 23.1 Å². The molecule has 6 nitrogen and oxygen atoms in total. The molecule has 1 heterocycles. The van der Waals surface area contributed by atoms with E-state index < -0.39 is 0 Å². The summed E-state index contributed by atoms with van der Waals surface area (Å²) in [6.07, 6.45) is 1.71. The molecule has 0 fully saturated rings. The van der Waals surface area contributed by atoms with Crippen molar-refractivity contribution >= 4 is 34.7 Å². The Hall–Kier alpha value is -2.86. The first-order valence-corrected chi connectivity index (χ1v) is 8.22. The highest BCUT2D eigenvalue weighted by molar-refractivity contribution is 6.30. The third kappa shape index (κ3) is 5.06. The van der Waals surface area contributed by atoms with Gasteiger partial charge in [0.2, 0.25) is 5.95 Å². The van der Waals surface area contributed by atoms with Gasteiger partial charge in [0.25, 0.3) is 0 Å². The Morgan fingerprint density at radius 2 is 1.56 bits per heavy atom. The lowest BCUT2D eigenvalue weighted by Crippen LogP contribution is -2.05. The number of ether oxygens (including phenoxy) is 1. The van der Waals surface area contributed by atoms with Gasteiger partial charge in [0.1, 0.15) is 5.75 Å². The van der Waals surface area contributed by atoms with Crippen LogP contribution in [0.2, 0.25) is 5.02 Å². The molecular formula is C18H18ClN5O. The van der Waals surface area contributed by atoms with Crippen molar-refractivity contribution in [1.82, 2.24) is 15.2 Å². The molecule has 3 aromatic rings. The first-order chi connectivity index (χ1) is 12.1. The summed E-state index contributed by atoms with van der Waals surface area (Å²) in [4.78, 5) is 4.40. The summed E-state index contributed by atoms with van der Waals surface area (Å²) in [7, 11) is 0. The first kappa shape index (κ1) is 17.0. The second kappa shape index (κ2) is 7.81. The molecule has 0 unspecified atom stereocenters. The smallest absolute Gasteiger partial charge is 0.249 e. The van der Waals surface area contributed by atoms with Crippen LogP contribution in [-0.4, -0.2) is 21.3 Å². The molecule has 0 bridgehead atoms. The van der Waals surface area contributed by atoms with Crippen LogP contribution >= 0.6 is 11.6 Å². The molecule has 0 amide bonds. The molecule has 0 saturated heterocycles. The van der Waals surface area contributed by atoms with Gasteiger partial charge in [-0.3, -0.25) is 0 Å². The molecule has 0 aliphatic heterocycles. The number of anilines is 4. The lowest BCUT2D eigenvalue weighted by Gasteiger charge is -2.11. The normalized spacial score (nSPS) is 10.6. The van der Waals surface area contributed by atoms with Crippen LogP contribution in [0.1, 0.15) is 13.8 Å². The number of halogens is 1. The molecule has 2 aromatic carbocycles. The topological polar surface area (TPSA) is 72.0 Å². The molecule has 0 radical (unpaired) electrons. The fraction of sp³-hybridized carbons (Fsp3) is 0.167. The highest BCUT2D eigenvalue weighted by Crippen LogP contribution is 2.21. The Balaban J connectivity index is 1.68. The zero-order valence-electron chi connectivity index (χ0n) is 13.9. The van der Waals surface area contributed by atoms with Crippen LogP contribution in [0, 0.1) is 0 Å². The van der Waals surface area contributed by atoms with Crippen molar-refractivity contribution in [3.63, 3.8) is 0 Å². The zero-order chi connectivity index (χ0) is 17.6. The Bertz CT molecular complexity index is 822. The number of benzene rings is 2. The standard InChI is InChI=1S/C18H18ClN5O/c1-12(2)25-16-9-7-14(8-10-16)21-17-11-20-24-18(23-17)22-15-5-3-13(19)4-6-15/h3-12H,1-2H3,(H2,21,22,23,24). The van der Waals surface area contributed by atoms with E-state index in [9.17, 15) is 0 Å². The largest absolute Gasteiger partial charge is 0.491 e. The Labute approximate surface area is 151 Å². The quantitative estimate of drug-likeness (QED) is 0.661. The van der Waals surface area contributed by atoms with Crippen molar-refractivity contribution in [3.8, 4) is 5.75 Å². The van der Waals surface area contributed by atoms with Gasteiger partial charge < -0.3 is 15.4 Å². The van der Waals surface area contributed by atoms with Crippen LogP contribution < -0.4 is 15.4 Å². The fourth-order valence-corrected chi connectivity index (χ4v) is 2.24. The fourth-order valence-electron chi connectivity index (χ4n) is 2.12. The SMILES string of the molecule is CC(C)Oc1ccc(Nc2cnnc(Nc3ccc(Cl)cc3)n2)cc1. The second-order valence-electron chi connectivity index (χ2n) is 5.61. The van der Waals surface area contributed by atoms with E-state index in [0.29, 0.717) is 16.8 Å². The zero-order valence-corrected chi connectivity index (χ0v) is 14.7. The molecule has 0 saturated carbocycles. The molecule has 25 heavy (non-hydrogen) atoms. The van der Waals surface area contributed by atoms with Crippen molar-refractivity contribution < 1.29 is 4.74 Å². The number of rotatable bonds is 6. The number of aromatic nitrogens is 3. The maximum absolute atomic E-state index is 5.88. The van der Waals surface area contributed by atoms with Crippen molar-refractivity contribution in [2.24, 2.45) is 0 Å². The molecule has 0 aliphatic carbocycles. The van der Waals surface area contributed by atoms with Gasteiger partial charge in [-0.15, -0.1) is 5.10 Å². The van der Waals surface area contributed by atoms with Gasteiger partial charge in [0, 0.05) is 16.4 Å².